The molecule has 1 aromatic heterocycles. The highest BCUT2D eigenvalue weighted by Crippen LogP contribution is 2.27. The molecule has 0 aliphatic heterocycles. The largest absolute Gasteiger partial charge is 0.493 e. The number of guanidine groups is 1. The van der Waals surface area contributed by atoms with Crippen LogP contribution in [0.15, 0.2) is 35.3 Å². The predicted molar refractivity (Wildman–Crippen MR) is 121 cm³/mol. The summed E-state index contributed by atoms with van der Waals surface area (Å²) in [5.41, 5.74) is 1.19. The molecule has 26 heavy (non-hydrogen) atoms. The topological polar surface area (TPSA) is 54.9 Å². The Bertz CT molecular complexity index is 704. The molecule has 0 amide bonds. The van der Waals surface area contributed by atoms with Gasteiger partial charge < -0.3 is 20.1 Å². The molecule has 0 radical (unpaired) electrons. The van der Waals surface area contributed by atoms with Gasteiger partial charge in [-0.3, -0.25) is 4.99 Å². The first-order valence-corrected chi connectivity index (χ1v) is 9.24. The predicted octanol–water partition coefficient (Wildman–Crippen LogP) is 3.85. The molecule has 0 bridgehead atoms. The number of thiophene rings is 1. The summed E-state index contributed by atoms with van der Waals surface area (Å²) in [4.78, 5) is 7.01. The average molecular weight is 489 g/mol. The van der Waals surface area contributed by atoms with Crippen molar-refractivity contribution in [3.63, 3.8) is 0 Å². The van der Waals surface area contributed by atoms with E-state index in [1.165, 1.54) is 15.3 Å². The lowest BCUT2D eigenvalue weighted by Gasteiger charge is -2.12. The maximum Gasteiger partial charge on any atom is 0.191 e. The second kappa shape index (κ2) is 12.0. The van der Waals surface area contributed by atoms with Crippen LogP contribution < -0.4 is 20.1 Å². The number of nitrogens with zero attached hydrogens (tertiary/aromatic N) is 1. The van der Waals surface area contributed by atoms with Crippen LogP contribution in [0.5, 0.6) is 11.5 Å². The zero-order valence-electron chi connectivity index (χ0n) is 15.8. The SMILES string of the molecule is CCc1ccc(CNC(=NC)NCCc2ccc(OC)c(OC)c2)s1.I. The van der Waals surface area contributed by atoms with E-state index in [-0.39, 0.29) is 24.0 Å². The molecule has 0 atom stereocenters. The fourth-order valence-electron chi connectivity index (χ4n) is 2.46. The van der Waals surface area contributed by atoms with Gasteiger partial charge in [-0.05, 0) is 42.7 Å². The molecule has 0 saturated carbocycles. The molecule has 0 fully saturated rings. The van der Waals surface area contributed by atoms with Crippen molar-refractivity contribution in [2.45, 2.75) is 26.3 Å². The average Bonchev–Trinajstić information content (AvgIpc) is 3.12. The number of rotatable bonds is 8. The number of ether oxygens (including phenoxy) is 2. The number of aryl methyl sites for hydroxylation is 1. The Kier molecular flexibility index (Phi) is 10.4. The summed E-state index contributed by atoms with van der Waals surface area (Å²) in [7, 11) is 5.09. The van der Waals surface area contributed by atoms with Crippen LogP contribution in [-0.4, -0.2) is 33.8 Å². The van der Waals surface area contributed by atoms with Crippen molar-refractivity contribution in [3.05, 3.63) is 45.6 Å². The van der Waals surface area contributed by atoms with Gasteiger partial charge in [0.05, 0.1) is 20.8 Å². The zero-order chi connectivity index (χ0) is 18.1. The molecular formula is C19H28IN3O2S. The molecule has 2 aromatic rings. The molecule has 1 aromatic carbocycles. The number of hydrogen-bond acceptors (Lipinski definition) is 4. The molecule has 0 aliphatic carbocycles. The van der Waals surface area contributed by atoms with Crippen LogP contribution in [-0.2, 0) is 19.4 Å². The van der Waals surface area contributed by atoms with Crippen molar-refractivity contribution < 1.29 is 9.47 Å². The highest BCUT2D eigenvalue weighted by atomic mass is 127. The van der Waals surface area contributed by atoms with E-state index in [1.807, 2.05) is 23.5 Å². The van der Waals surface area contributed by atoms with Crippen LogP contribution in [0.25, 0.3) is 0 Å². The summed E-state index contributed by atoms with van der Waals surface area (Å²) in [5.74, 6) is 2.32. The van der Waals surface area contributed by atoms with Gasteiger partial charge in [-0.15, -0.1) is 35.3 Å². The van der Waals surface area contributed by atoms with E-state index < -0.39 is 0 Å². The summed E-state index contributed by atoms with van der Waals surface area (Å²) >= 11 is 1.84. The standard InChI is InChI=1S/C19H27N3O2S.HI/c1-5-15-7-8-16(25-15)13-22-19(20-2)21-11-10-14-6-9-17(23-3)18(12-14)24-4;/h6-9,12H,5,10-11,13H2,1-4H3,(H2,20,21,22);1H. The van der Waals surface area contributed by atoms with E-state index in [2.05, 4.69) is 40.7 Å². The fourth-order valence-corrected chi connectivity index (χ4v) is 3.36. The third-order valence-electron chi connectivity index (χ3n) is 3.87. The molecule has 0 spiro atoms. The van der Waals surface area contributed by atoms with E-state index >= 15 is 0 Å². The minimum atomic E-state index is 0. The Morgan fingerprint density at radius 1 is 1.04 bits per heavy atom. The number of methoxy groups -OCH3 is 2. The lowest BCUT2D eigenvalue weighted by molar-refractivity contribution is 0.354. The number of aliphatic imine (C=N–C) groups is 1. The van der Waals surface area contributed by atoms with Crippen molar-refractivity contribution in [3.8, 4) is 11.5 Å². The second-order valence-electron chi connectivity index (χ2n) is 5.51. The molecule has 2 N–H and O–H groups in total. The fraction of sp³-hybridized carbons (Fsp3) is 0.421. The highest BCUT2D eigenvalue weighted by Gasteiger charge is 2.05. The Morgan fingerprint density at radius 2 is 1.77 bits per heavy atom. The van der Waals surface area contributed by atoms with Gasteiger partial charge >= 0.3 is 0 Å². The Hall–Kier alpha value is -1.48. The van der Waals surface area contributed by atoms with Gasteiger partial charge in [-0.2, -0.15) is 0 Å². The van der Waals surface area contributed by atoms with Crippen LogP contribution in [0.4, 0.5) is 0 Å². The van der Waals surface area contributed by atoms with Crippen molar-refractivity contribution in [2.75, 3.05) is 27.8 Å². The minimum absolute atomic E-state index is 0. The maximum atomic E-state index is 5.34. The van der Waals surface area contributed by atoms with E-state index in [1.54, 1.807) is 21.3 Å². The number of halogens is 1. The normalized spacial score (nSPS) is 10.8. The molecule has 0 saturated heterocycles. The lowest BCUT2D eigenvalue weighted by atomic mass is 10.1. The van der Waals surface area contributed by atoms with Crippen LogP contribution in [0.1, 0.15) is 22.2 Å². The van der Waals surface area contributed by atoms with Gasteiger partial charge in [-0.25, -0.2) is 0 Å². The first-order chi connectivity index (χ1) is 12.2. The third kappa shape index (κ3) is 6.68. The van der Waals surface area contributed by atoms with E-state index in [4.69, 9.17) is 9.47 Å². The molecule has 5 nitrogen and oxygen atoms in total. The number of nitrogens with one attached hydrogen (secondary N) is 2. The van der Waals surface area contributed by atoms with Gasteiger partial charge in [0.2, 0.25) is 0 Å². The first kappa shape index (κ1) is 22.6. The third-order valence-corrected chi connectivity index (χ3v) is 5.10. The van der Waals surface area contributed by atoms with Crippen LogP contribution in [0, 0.1) is 0 Å². The molecule has 0 unspecified atom stereocenters. The smallest absolute Gasteiger partial charge is 0.191 e. The van der Waals surface area contributed by atoms with Crippen LogP contribution in [0.3, 0.4) is 0 Å². The van der Waals surface area contributed by atoms with Crippen molar-refractivity contribution in [2.24, 2.45) is 4.99 Å². The van der Waals surface area contributed by atoms with Crippen LogP contribution >= 0.6 is 35.3 Å². The van der Waals surface area contributed by atoms with Gasteiger partial charge in [-0.1, -0.05) is 13.0 Å². The second-order valence-corrected chi connectivity index (χ2v) is 6.77. The quantitative estimate of drug-likeness (QED) is 0.336. The van der Waals surface area contributed by atoms with Gasteiger partial charge in [0, 0.05) is 23.3 Å². The van der Waals surface area contributed by atoms with Crippen molar-refractivity contribution in [1.29, 1.82) is 0 Å². The van der Waals surface area contributed by atoms with E-state index in [0.717, 1.165) is 43.4 Å². The van der Waals surface area contributed by atoms with Crippen molar-refractivity contribution >= 4 is 41.3 Å². The molecule has 144 valence electrons. The summed E-state index contributed by atoms with van der Waals surface area (Å²) in [6.45, 7) is 3.76. The summed E-state index contributed by atoms with van der Waals surface area (Å²) in [6, 6.07) is 10.4. The first-order valence-electron chi connectivity index (χ1n) is 8.43. The van der Waals surface area contributed by atoms with Crippen LogP contribution in [0.2, 0.25) is 0 Å². The highest BCUT2D eigenvalue weighted by molar-refractivity contribution is 14.0. The van der Waals surface area contributed by atoms with Gasteiger partial charge in [0.15, 0.2) is 17.5 Å². The van der Waals surface area contributed by atoms with Gasteiger partial charge in [0.1, 0.15) is 0 Å². The maximum absolute atomic E-state index is 5.34. The van der Waals surface area contributed by atoms with E-state index in [9.17, 15) is 0 Å². The molecule has 1 heterocycles. The molecular weight excluding hydrogens is 461 g/mol. The number of hydrogen-bond donors (Lipinski definition) is 2. The Balaban J connectivity index is 0.00000338. The summed E-state index contributed by atoms with van der Waals surface area (Å²) in [5, 5.41) is 6.70. The monoisotopic (exact) mass is 489 g/mol. The Morgan fingerprint density at radius 3 is 2.38 bits per heavy atom. The summed E-state index contributed by atoms with van der Waals surface area (Å²) < 4.78 is 10.6. The number of benzene rings is 1. The van der Waals surface area contributed by atoms with Crippen molar-refractivity contribution in [1.82, 2.24) is 10.6 Å². The Labute approximate surface area is 177 Å². The molecule has 2 rings (SSSR count). The van der Waals surface area contributed by atoms with Gasteiger partial charge in [0.25, 0.3) is 0 Å². The van der Waals surface area contributed by atoms with E-state index in [0.29, 0.717) is 0 Å². The molecule has 0 aliphatic rings. The minimum Gasteiger partial charge on any atom is -0.493 e. The zero-order valence-corrected chi connectivity index (χ0v) is 18.9. The molecule has 7 heteroatoms. The lowest BCUT2D eigenvalue weighted by Crippen LogP contribution is -2.37. The summed E-state index contributed by atoms with van der Waals surface area (Å²) in [6.07, 6.45) is 1.96.